The fourth-order valence-electron chi connectivity index (χ4n) is 3.16. The van der Waals surface area contributed by atoms with Crippen LogP contribution < -0.4 is 0 Å². The molecule has 1 amide bonds. The van der Waals surface area contributed by atoms with E-state index in [2.05, 4.69) is 19.1 Å². The van der Waals surface area contributed by atoms with Crippen molar-refractivity contribution >= 4 is 28.6 Å². The van der Waals surface area contributed by atoms with Crippen LogP contribution in [0, 0.1) is 6.92 Å². The van der Waals surface area contributed by atoms with E-state index in [0.29, 0.717) is 0 Å². The standard InChI is InChI=1S/C19H24N2OS/c1-14-13-18(20-17-10-6-5-9-16(14)17)23-15(2)19(22)21-11-7-3-4-8-12-21/h5-6,9-10,13,15H,3-4,7-8,11-12H2,1-2H3. The third kappa shape index (κ3) is 3.86. The number of pyridine rings is 1. The molecule has 1 saturated heterocycles. The highest BCUT2D eigenvalue weighted by atomic mass is 32.2. The van der Waals surface area contributed by atoms with Crippen LogP contribution in [0.4, 0.5) is 0 Å². The summed E-state index contributed by atoms with van der Waals surface area (Å²) in [6.45, 7) is 5.93. The number of hydrogen-bond donors (Lipinski definition) is 0. The number of para-hydroxylation sites is 1. The molecule has 1 unspecified atom stereocenters. The minimum atomic E-state index is -0.0823. The predicted molar refractivity (Wildman–Crippen MR) is 96.8 cm³/mol. The minimum Gasteiger partial charge on any atom is -0.342 e. The summed E-state index contributed by atoms with van der Waals surface area (Å²) in [6, 6.07) is 10.3. The van der Waals surface area contributed by atoms with Gasteiger partial charge >= 0.3 is 0 Å². The SMILES string of the molecule is Cc1cc(SC(C)C(=O)N2CCCCCC2)nc2ccccc12. The molecule has 1 aliphatic heterocycles. The summed E-state index contributed by atoms with van der Waals surface area (Å²) in [5.74, 6) is 0.254. The molecule has 1 aromatic heterocycles. The molecule has 2 heterocycles. The lowest BCUT2D eigenvalue weighted by Gasteiger charge is -2.23. The molecule has 4 heteroatoms. The highest BCUT2D eigenvalue weighted by molar-refractivity contribution is 8.00. The maximum atomic E-state index is 12.7. The van der Waals surface area contributed by atoms with E-state index >= 15 is 0 Å². The Hall–Kier alpha value is -1.55. The average molecular weight is 328 g/mol. The van der Waals surface area contributed by atoms with E-state index in [0.717, 1.165) is 36.5 Å². The lowest BCUT2D eigenvalue weighted by molar-refractivity contribution is -0.130. The Bertz CT molecular complexity index is 693. The van der Waals surface area contributed by atoms with Crippen LogP contribution in [-0.2, 0) is 4.79 Å². The Balaban J connectivity index is 1.74. The summed E-state index contributed by atoms with van der Waals surface area (Å²) in [5.41, 5.74) is 2.22. The van der Waals surface area contributed by atoms with E-state index in [1.165, 1.54) is 23.8 Å². The van der Waals surface area contributed by atoms with Crippen molar-refractivity contribution in [2.45, 2.75) is 49.8 Å². The van der Waals surface area contributed by atoms with E-state index in [9.17, 15) is 4.79 Å². The van der Waals surface area contributed by atoms with E-state index < -0.39 is 0 Å². The second kappa shape index (κ2) is 7.35. The second-order valence-corrected chi connectivity index (χ2v) is 7.66. The van der Waals surface area contributed by atoms with Crippen LogP contribution in [0.15, 0.2) is 35.4 Å². The molecule has 1 fully saturated rings. The van der Waals surface area contributed by atoms with Crippen LogP contribution in [0.2, 0.25) is 0 Å². The molecule has 3 rings (SSSR count). The Morgan fingerprint density at radius 3 is 2.61 bits per heavy atom. The second-order valence-electron chi connectivity index (χ2n) is 6.29. The van der Waals surface area contributed by atoms with Gasteiger partial charge in [-0.3, -0.25) is 4.79 Å². The lowest BCUT2D eigenvalue weighted by Crippen LogP contribution is -2.37. The normalized spacial score (nSPS) is 17.0. The average Bonchev–Trinajstić information content (AvgIpc) is 2.83. The van der Waals surface area contributed by atoms with E-state index in [-0.39, 0.29) is 11.2 Å². The van der Waals surface area contributed by atoms with Crippen molar-refractivity contribution in [3.8, 4) is 0 Å². The molecule has 0 N–H and O–H groups in total. The number of hydrogen-bond acceptors (Lipinski definition) is 3. The highest BCUT2D eigenvalue weighted by Gasteiger charge is 2.22. The Morgan fingerprint density at radius 2 is 1.87 bits per heavy atom. The maximum absolute atomic E-state index is 12.7. The lowest BCUT2D eigenvalue weighted by atomic mass is 10.1. The first kappa shape index (κ1) is 16.3. The van der Waals surface area contributed by atoms with Crippen molar-refractivity contribution < 1.29 is 4.79 Å². The monoisotopic (exact) mass is 328 g/mol. The number of likely N-dealkylation sites (tertiary alicyclic amines) is 1. The van der Waals surface area contributed by atoms with Crippen LogP contribution in [0.3, 0.4) is 0 Å². The first-order valence-corrected chi connectivity index (χ1v) is 9.35. The molecule has 0 radical (unpaired) electrons. The molecule has 0 saturated carbocycles. The molecule has 1 aliphatic rings. The first-order chi connectivity index (χ1) is 11.1. The van der Waals surface area contributed by atoms with Gasteiger partial charge in [-0.2, -0.15) is 0 Å². The Kier molecular flexibility index (Phi) is 5.21. The predicted octanol–water partition coefficient (Wildman–Crippen LogP) is 4.43. The topological polar surface area (TPSA) is 33.2 Å². The summed E-state index contributed by atoms with van der Waals surface area (Å²) < 4.78 is 0. The molecule has 1 atom stereocenters. The van der Waals surface area contributed by atoms with Crippen molar-refractivity contribution in [1.82, 2.24) is 9.88 Å². The number of fused-ring (bicyclic) bond motifs is 1. The van der Waals surface area contributed by atoms with Gasteiger partial charge in [-0.25, -0.2) is 4.98 Å². The van der Waals surface area contributed by atoms with Gasteiger partial charge in [-0.15, -0.1) is 0 Å². The van der Waals surface area contributed by atoms with Crippen LogP contribution in [0.25, 0.3) is 10.9 Å². The number of aromatic nitrogens is 1. The van der Waals surface area contributed by atoms with Gasteiger partial charge in [-0.05, 0) is 44.4 Å². The molecule has 1 aromatic carbocycles. The number of amides is 1. The zero-order chi connectivity index (χ0) is 16.2. The van der Waals surface area contributed by atoms with Crippen LogP contribution in [0.1, 0.15) is 38.2 Å². The minimum absolute atomic E-state index is 0.0823. The summed E-state index contributed by atoms with van der Waals surface area (Å²) in [5, 5.41) is 2.04. The third-order valence-electron chi connectivity index (χ3n) is 4.46. The molecular weight excluding hydrogens is 304 g/mol. The summed E-state index contributed by atoms with van der Waals surface area (Å²) in [7, 11) is 0. The molecule has 0 bridgehead atoms. The number of benzene rings is 1. The van der Waals surface area contributed by atoms with Gasteiger partial charge in [0, 0.05) is 18.5 Å². The number of rotatable bonds is 3. The van der Waals surface area contributed by atoms with Gasteiger partial charge in [0.05, 0.1) is 15.8 Å². The summed E-state index contributed by atoms with van der Waals surface area (Å²) in [6.07, 6.45) is 4.76. The maximum Gasteiger partial charge on any atom is 0.235 e. The van der Waals surface area contributed by atoms with Crippen molar-refractivity contribution in [1.29, 1.82) is 0 Å². The van der Waals surface area contributed by atoms with Gasteiger partial charge in [0.2, 0.25) is 5.91 Å². The van der Waals surface area contributed by atoms with Crippen LogP contribution >= 0.6 is 11.8 Å². The van der Waals surface area contributed by atoms with E-state index in [1.54, 1.807) is 11.8 Å². The Labute approximate surface area is 142 Å². The number of thioether (sulfide) groups is 1. The largest absolute Gasteiger partial charge is 0.342 e. The molecule has 23 heavy (non-hydrogen) atoms. The van der Waals surface area contributed by atoms with Crippen molar-refractivity contribution in [2.24, 2.45) is 0 Å². The Morgan fingerprint density at radius 1 is 1.17 bits per heavy atom. The summed E-state index contributed by atoms with van der Waals surface area (Å²) in [4.78, 5) is 19.4. The van der Waals surface area contributed by atoms with Crippen LogP contribution in [0.5, 0.6) is 0 Å². The molecule has 0 spiro atoms. The molecule has 2 aromatic rings. The number of aryl methyl sites for hydroxylation is 1. The number of carbonyl (C=O) groups is 1. The van der Waals surface area contributed by atoms with Gasteiger partial charge in [0.15, 0.2) is 0 Å². The quantitative estimate of drug-likeness (QED) is 0.782. The zero-order valence-electron chi connectivity index (χ0n) is 13.9. The number of carbonyl (C=O) groups excluding carboxylic acids is 1. The van der Waals surface area contributed by atoms with Gasteiger partial charge in [-0.1, -0.05) is 42.8 Å². The molecule has 0 aliphatic carbocycles. The molecule has 122 valence electrons. The summed E-state index contributed by atoms with van der Waals surface area (Å²) >= 11 is 1.58. The molecule has 3 nitrogen and oxygen atoms in total. The van der Waals surface area contributed by atoms with Crippen LogP contribution in [-0.4, -0.2) is 34.1 Å². The van der Waals surface area contributed by atoms with Crippen molar-refractivity contribution in [3.63, 3.8) is 0 Å². The van der Waals surface area contributed by atoms with Crippen molar-refractivity contribution in [2.75, 3.05) is 13.1 Å². The third-order valence-corrected chi connectivity index (χ3v) is 5.47. The fourth-order valence-corrected chi connectivity index (χ4v) is 4.17. The zero-order valence-corrected chi connectivity index (χ0v) is 14.7. The fraction of sp³-hybridized carbons (Fsp3) is 0.474. The van der Waals surface area contributed by atoms with Gasteiger partial charge < -0.3 is 4.90 Å². The molecular formula is C19H24N2OS. The first-order valence-electron chi connectivity index (χ1n) is 8.47. The van der Waals surface area contributed by atoms with Gasteiger partial charge in [0.1, 0.15) is 0 Å². The number of nitrogens with zero attached hydrogens (tertiary/aromatic N) is 2. The van der Waals surface area contributed by atoms with Gasteiger partial charge in [0.25, 0.3) is 0 Å². The van der Waals surface area contributed by atoms with E-state index in [4.69, 9.17) is 4.98 Å². The smallest absolute Gasteiger partial charge is 0.235 e. The van der Waals surface area contributed by atoms with E-state index in [1.807, 2.05) is 30.0 Å². The highest BCUT2D eigenvalue weighted by Crippen LogP contribution is 2.27. The van der Waals surface area contributed by atoms with Crippen molar-refractivity contribution in [3.05, 3.63) is 35.9 Å².